The van der Waals surface area contributed by atoms with Gasteiger partial charge in [0, 0.05) is 10.6 Å². The summed E-state index contributed by atoms with van der Waals surface area (Å²) in [5.41, 5.74) is 8.02. The first-order valence-corrected chi connectivity index (χ1v) is 3.80. The van der Waals surface area contributed by atoms with Crippen LogP contribution in [0.5, 0.6) is 0 Å². The van der Waals surface area contributed by atoms with Crippen molar-refractivity contribution in [2.45, 2.75) is 6.92 Å². The van der Waals surface area contributed by atoms with Gasteiger partial charge in [-0.3, -0.25) is 10.1 Å². The highest BCUT2D eigenvalue weighted by Crippen LogP contribution is 2.33. The first-order valence-electron chi connectivity index (χ1n) is 3.43. The molecule has 1 heterocycles. The number of nitro groups is 1. The first kappa shape index (κ1) is 10.2. The van der Waals surface area contributed by atoms with E-state index in [2.05, 4.69) is 15.0 Å². The Bertz CT molecular complexity index is 440. The van der Waals surface area contributed by atoms with Gasteiger partial charge in [-0.2, -0.15) is 0 Å². The van der Waals surface area contributed by atoms with Gasteiger partial charge < -0.3 is 0 Å². The second-order valence-corrected chi connectivity index (χ2v) is 2.73. The van der Waals surface area contributed by atoms with Crippen molar-refractivity contribution in [1.82, 2.24) is 4.98 Å². The maximum absolute atomic E-state index is 10.5. The van der Waals surface area contributed by atoms with Gasteiger partial charge in [0.05, 0.1) is 4.92 Å². The van der Waals surface area contributed by atoms with E-state index in [1.54, 1.807) is 6.92 Å². The Kier molecular flexibility index (Phi) is 2.85. The number of aromatic nitrogens is 1. The number of azide groups is 1. The molecule has 14 heavy (non-hydrogen) atoms. The number of halogens is 1. The van der Waals surface area contributed by atoms with Gasteiger partial charge in [0.25, 0.3) is 0 Å². The monoisotopic (exact) mass is 213 g/mol. The Morgan fingerprint density at radius 3 is 2.93 bits per heavy atom. The molecular formula is C6H4ClN5O2. The third kappa shape index (κ3) is 1.90. The molecule has 72 valence electrons. The van der Waals surface area contributed by atoms with Crippen LogP contribution >= 0.6 is 11.6 Å². The molecule has 1 rings (SSSR count). The fourth-order valence-electron chi connectivity index (χ4n) is 0.905. The molecule has 0 spiro atoms. The second kappa shape index (κ2) is 3.91. The van der Waals surface area contributed by atoms with Gasteiger partial charge in [-0.1, -0.05) is 16.7 Å². The van der Waals surface area contributed by atoms with Crippen molar-refractivity contribution in [2.75, 3.05) is 0 Å². The van der Waals surface area contributed by atoms with Gasteiger partial charge in [0.1, 0.15) is 5.69 Å². The average Bonchev–Trinajstić information content (AvgIpc) is 2.01. The van der Waals surface area contributed by atoms with Crippen molar-refractivity contribution >= 4 is 23.0 Å². The molecule has 0 fully saturated rings. The number of hydrogen-bond acceptors (Lipinski definition) is 4. The van der Waals surface area contributed by atoms with E-state index < -0.39 is 10.6 Å². The van der Waals surface area contributed by atoms with E-state index in [0.29, 0.717) is 5.69 Å². The van der Waals surface area contributed by atoms with Gasteiger partial charge in [-0.05, 0) is 18.5 Å². The van der Waals surface area contributed by atoms with Crippen LogP contribution in [0.4, 0.5) is 11.4 Å². The molecule has 7 nitrogen and oxygen atoms in total. The zero-order valence-electron chi connectivity index (χ0n) is 7.01. The minimum absolute atomic E-state index is 0.130. The van der Waals surface area contributed by atoms with Gasteiger partial charge in [-0.25, -0.2) is 4.98 Å². The Morgan fingerprint density at radius 2 is 2.43 bits per heavy atom. The number of hydrogen-bond donors (Lipinski definition) is 0. The van der Waals surface area contributed by atoms with E-state index in [0.717, 1.165) is 0 Å². The van der Waals surface area contributed by atoms with Crippen LogP contribution in [-0.4, -0.2) is 9.91 Å². The molecule has 0 bridgehead atoms. The molecule has 0 saturated carbocycles. The molecule has 1 aromatic heterocycles. The lowest BCUT2D eigenvalue weighted by Crippen LogP contribution is -1.93. The third-order valence-electron chi connectivity index (χ3n) is 1.39. The minimum atomic E-state index is -0.737. The number of nitrogens with zero attached hydrogens (tertiary/aromatic N) is 5. The number of aryl methyl sites for hydroxylation is 1. The van der Waals surface area contributed by atoms with Crippen molar-refractivity contribution in [3.8, 4) is 0 Å². The lowest BCUT2D eigenvalue weighted by molar-refractivity contribution is -0.384. The van der Waals surface area contributed by atoms with Gasteiger partial charge in [-0.15, -0.1) is 0 Å². The zero-order valence-corrected chi connectivity index (χ0v) is 7.76. The molecule has 0 atom stereocenters. The molecule has 0 amide bonds. The zero-order chi connectivity index (χ0) is 10.7. The predicted octanol–water partition coefficient (Wildman–Crippen LogP) is 2.89. The largest absolute Gasteiger partial charge is 0.316 e. The summed E-state index contributed by atoms with van der Waals surface area (Å²) in [7, 11) is 0. The molecule has 0 aliphatic heterocycles. The fourth-order valence-corrected chi connectivity index (χ4v) is 1.20. The molecule has 0 N–H and O–H groups in total. The summed E-state index contributed by atoms with van der Waals surface area (Å²) in [6.45, 7) is 1.59. The van der Waals surface area contributed by atoms with Crippen LogP contribution in [0.1, 0.15) is 5.69 Å². The predicted molar refractivity (Wildman–Crippen MR) is 49.4 cm³/mol. The van der Waals surface area contributed by atoms with Gasteiger partial charge in [0.15, 0.2) is 0 Å². The molecule has 0 aromatic carbocycles. The highest BCUT2D eigenvalue weighted by atomic mass is 35.5. The topological polar surface area (TPSA) is 105 Å². The van der Waals surface area contributed by atoms with Crippen molar-refractivity contribution in [2.24, 2.45) is 5.11 Å². The summed E-state index contributed by atoms with van der Waals surface area (Å²) < 4.78 is 0. The normalized spacial score (nSPS) is 9.29. The van der Waals surface area contributed by atoms with Crippen LogP contribution in [0.3, 0.4) is 0 Å². The molecule has 0 aliphatic rings. The molecule has 0 unspecified atom stereocenters. The van der Waals surface area contributed by atoms with Crippen LogP contribution in [0, 0.1) is 17.0 Å². The maximum atomic E-state index is 10.5. The Labute approximate surface area is 83.1 Å². The molecule has 8 heteroatoms. The number of rotatable bonds is 2. The summed E-state index contributed by atoms with van der Waals surface area (Å²) in [6, 6.07) is 1.30. The van der Waals surface area contributed by atoms with Crippen LogP contribution in [0.2, 0.25) is 5.15 Å². The van der Waals surface area contributed by atoms with Crippen molar-refractivity contribution < 1.29 is 4.92 Å². The van der Waals surface area contributed by atoms with E-state index >= 15 is 0 Å². The molecule has 1 aromatic rings. The molecular weight excluding hydrogens is 210 g/mol. The standard InChI is InChI=1S/C6H4ClN5O2/c1-3-2-4(10-11-8)5(12(13)14)6(7)9-3/h2H,1H3. The van der Waals surface area contributed by atoms with Crippen LogP contribution < -0.4 is 0 Å². The lowest BCUT2D eigenvalue weighted by Gasteiger charge is -1.99. The van der Waals surface area contributed by atoms with Gasteiger partial charge >= 0.3 is 5.69 Å². The Hall–Kier alpha value is -1.85. The highest BCUT2D eigenvalue weighted by molar-refractivity contribution is 6.32. The van der Waals surface area contributed by atoms with E-state index in [-0.39, 0.29) is 10.8 Å². The van der Waals surface area contributed by atoms with Gasteiger partial charge in [0.2, 0.25) is 5.15 Å². The quantitative estimate of drug-likeness (QED) is 0.188. The van der Waals surface area contributed by atoms with Crippen molar-refractivity contribution in [3.63, 3.8) is 0 Å². The summed E-state index contributed by atoms with van der Waals surface area (Å²) in [4.78, 5) is 15.9. The van der Waals surface area contributed by atoms with Crippen LogP contribution in [0.25, 0.3) is 10.4 Å². The minimum Gasteiger partial charge on any atom is -0.258 e. The van der Waals surface area contributed by atoms with E-state index in [9.17, 15) is 10.1 Å². The van der Waals surface area contributed by atoms with E-state index in [4.69, 9.17) is 17.1 Å². The van der Waals surface area contributed by atoms with Crippen molar-refractivity contribution in [3.05, 3.63) is 37.5 Å². The second-order valence-electron chi connectivity index (χ2n) is 2.37. The smallest absolute Gasteiger partial charge is 0.258 e. The van der Waals surface area contributed by atoms with Crippen molar-refractivity contribution in [1.29, 1.82) is 0 Å². The SMILES string of the molecule is Cc1cc(N=[N+]=[N-])c([N+](=O)[O-])c(Cl)n1. The maximum Gasteiger partial charge on any atom is 0.316 e. The molecule has 0 saturated heterocycles. The average molecular weight is 214 g/mol. The van der Waals surface area contributed by atoms with E-state index in [1.165, 1.54) is 6.07 Å². The van der Waals surface area contributed by atoms with Crippen LogP contribution in [-0.2, 0) is 0 Å². The van der Waals surface area contributed by atoms with E-state index in [1.807, 2.05) is 0 Å². The number of pyridine rings is 1. The van der Waals surface area contributed by atoms with Crippen LogP contribution in [0.15, 0.2) is 11.2 Å². The fraction of sp³-hybridized carbons (Fsp3) is 0.167. The third-order valence-corrected chi connectivity index (χ3v) is 1.66. The Balaban J connectivity index is 3.51. The summed E-state index contributed by atoms with van der Waals surface area (Å²) in [5, 5.41) is 13.4. The lowest BCUT2D eigenvalue weighted by atomic mass is 10.3. The highest BCUT2D eigenvalue weighted by Gasteiger charge is 2.19. The molecule has 0 aliphatic carbocycles. The summed E-state index contributed by atoms with van der Waals surface area (Å²) in [5.74, 6) is 0. The summed E-state index contributed by atoms with van der Waals surface area (Å²) in [6.07, 6.45) is 0. The Morgan fingerprint density at radius 1 is 1.79 bits per heavy atom. The molecule has 0 radical (unpaired) electrons. The first-order chi connectivity index (χ1) is 6.56. The summed E-state index contributed by atoms with van der Waals surface area (Å²) >= 11 is 5.53.